The Labute approximate surface area is 171 Å². The highest BCUT2D eigenvalue weighted by Crippen LogP contribution is 2.25. The van der Waals surface area contributed by atoms with Gasteiger partial charge >= 0.3 is 0 Å². The van der Waals surface area contributed by atoms with Crippen LogP contribution in [0.5, 0.6) is 0 Å². The molecule has 2 fully saturated rings. The molecule has 0 radical (unpaired) electrons. The number of oxazole rings is 1. The van der Waals surface area contributed by atoms with Crippen LogP contribution in [0.25, 0.3) is 11.3 Å². The number of carbonyl (C=O) groups is 1. The van der Waals surface area contributed by atoms with Gasteiger partial charge in [-0.1, -0.05) is 31.4 Å². The quantitative estimate of drug-likeness (QED) is 0.733. The fourth-order valence-corrected chi connectivity index (χ4v) is 4.50. The molecule has 1 saturated heterocycles. The van der Waals surface area contributed by atoms with E-state index in [1.807, 2.05) is 4.90 Å². The number of nitrogens with zero attached hydrogens (tertiary/aromatic N) is 3. The molecule has 0 atom stereocenters. The van der Waals surface area contributed by atoms with Crippen molar-refractivity contribution in [1.29, 1.82) is 0 Å². The highest BCUT2D eigenvalue weighted by Gasteiger charge is 2.24. The Balaban J connectivity index is 1.22. The van der Waals surface area contributed by atoms with Crippen molar-refractivity contribution in [2.45, 2.75) is 44.9 Å². The molecule has 2 aromatic rings. The van der Waals surface area contributed by atoms with Crippen molar-refractivity contribution < 1.29 is 13.6 Å². The third kappa shape index (κ3) is 5.24. The topological polar surface area (TPSA) is 49.6 Å². The Kier molecular flexibility index (Phi) is 6.60. The van der Waals surface area contributed by atoms with Gasteiger partial charge in [0.25, 0.3) is 0 Å². The van der Waals surface area contributed by atoms with E-state index in [2.05, 4.69) is 9.88 Å². The van der Waals surface area contributed by atoms with Crippen LogP contribution in [0.4, 0.5) is 4.39 Å². The van der Waals surface area contributed by atoms with Crippen molar-refractivity contribution in [3.05, 3.63) is 42.2 Å². The number of piperazine rings is 1. The lowest BCUT2D eigenvalue weighted by molar-refractivity contribution is -0.133. The van der Waals surface area contributed by atoms with E-state index >= 15 is 0 Å². The van der Waals surface area contributed by atoms with E-state index in [0.29, 0.717) is 30.1 Å². The van der Waals surface area contributed by atoms with Gasteiger partial charge in [0.05, 0.1) is 11.8 Å². The zero-order valence-corrected chi connectivity index (χ0v) is 17.0. The fraction of sp³-hybridized carbons (Fsp3) is 0.565. The van der Waals surface area contributed by atoms with Crippen LogP contribution in [0.2, 0.25) is 0 Å². The molecular weight excluding hydrogens is 369 g/mol. The molecule has 0 spiro atoms. The largest absolute Gasteiger partial charge is 0.441 e. The predicted molar refractivity (Wildman–Crippen MR) is 110 cm³/mol. The summed E-state index contributed by atoms with van der Waals surface area (Å²) in [5, 5.41) is 0. The van der Waals surface area contributed by atoms with Crippen LogP contribution in [0, 0.1) is 11.7 Å². The third-order valence-corrected chi connectivity index (χ3v) is 6.21. The molecule has 0 unspecified atom stereocenters. The number of hydrogen-bond donors (Lipinski definition) is 0. The summed E-state index contributed by atoms with van der Waals surface area (Å²) in [6.45, 7) is 4.74. The van der Waals surface area contributed by atoms with E-state index in [9.17, 15) is 9.18 Å². The number of aryl methyl sites for hydroxylation is 1. The van der Waals surface area contributed by atoms with Crippen LogP contribution in [0.15, 0.2) is 34.9 Å². The number of amides is 1. The highest BCUT2D eigenvalue weighted by atomic mass is 19.1. The molecule has 1 aliphatic carbocycles. The first-order valence-corrected chi connectivity index (χ1v) is 10.9. The molecule has 1 aromatic heterocycles. The Morgan fingerprint density at radius 2 is 1.86 bits per heavy atom. The van der Waals surface area contributed by atoms with Gasteiger partial charge in [0, 0.05) is 45.6 Å². The van der Waals surface area contributed by atoms with E-state index in [4.69, 9.17) is 4.42 Å². The number of hydrogen-bond acceptors (Lipinski definition) is 4. The second-order valence-electron chi connectivity index (χ2n) is 8.28. The van der Waals surface area contributed by atoms with Crippen LogP contribution in [0.1, 0.15) is 44.4 Å². The molecule has 0 N–H and O–H groups in total. The summed E-state index contributed by atoms with van der Waals surface area (Å²) in [6, 6.07) is 6.47. The molecule has 5 nitrogen and oxygen atoms in total. The fourth-order valence-electron chi connectivity index (χ4n) is 4.50. The molecule has 6 heteroatoms. The van der Waals surface area contributed by atoms with Crippen LogP contribution >= 0.6 is 0 Å². The molecular formula is C23H30FN3O2. The summed E-state index contributed by atoms with van der Waals surface area (Å²) < 4.78 is 19.5. The zero-order valence-electron chi connectivity index (χ0n) is 17.0. The van der Waals surface area contributed by atoms with Crippen LogP contribution in [0.3, 0.4) is 0 Å². The van der Waals surface area contributed by atoms with Crippen molar-refractivity contribution in [3.8, 4) is 11.3 Å². The number of benzene rings is 1. The Hall–Kier alpha value is -2.21. The van der Waals surface area contributed by atoms with Crippen LogP contribution in [-0.4, -0.2) is 53.4 Å². The number of rotatable bonds is 6. The Morgan fingerprint density at radius 1 is 1.10 bits per heavy atom. The molecule has 1 aromatic carbocycles. The second-order valence-corrected chi connectivity index (χ2v) is 8.28. The van der Waals surface area contributed by atoms with Crippen LogP contribution < -0.4 is 0 Å². The summed E-state index contributed by atoms with van der Waals surface area (Å²) in [6.07, 6.45) is 9.22. The molecule has 2 aliphatic rings. The minimum atomic E-state index is -0.336. The average molecular weight is 400 g/mol. The van der Waals surface area contributed by atoms with Crippen molar-refractivity contribution in [3.63, 3.8) is 0 Å². The van der Waals surface area contributed by atoms with Gasteiger partial charge in [-0.25, -0.2) is 9.37 Å². The maximum Gasteiger partial charge on any atom is 0.223 e. The SMILES string of the molecule is O=C(CCc1ncc(-c2ccccc2F)o1)N1CCN(CC2CCCCC2)CC1. The lowest BCUT2D eigenvalue weighted by atomic mass is 9.89. The van der Waals surface area contributed by atoms with Gasteiger partial charge < -0.3 is 9.32 Å². The smallest absolute Gasteiger partial charge is 0.223 e. The first-order chi connectivity index (χ1) is 14.2. The van der Waals surface area contributed by atoms with Crippen molar-refractivity contribution >= 4 is 5.91 Å². The first kappa shape index (κ1) is 20.1. The number of halogens is 1. The molecule has 0 bridgehead atoms. The van der Waals surface area contributed by atoms with E-state index < -0.39 is 0 Å². The molecule has 29 heavy (non-hydrogen) atoms. The van der Waals surface area contributed by atoms with Gasteiger partial charge in [-0.2, -0.15) is 0 Å². The van der Waals surface area contributed by atoms with Gasteiger partial charge in [0.2, 0.25) is 5.91 Å². The third-order valence-electron chi connectivity index (χ3n) is 6.21. The van der Waals surface area contributed by atoms with Crippen LogP contribution in [-0.2, 0) is 11.2 Å². The minimum Gasteiger partial charge on any atom is -0.441 e. The van der Waals surface area contributed by atoms with Crippen molar-refractivity contribution in [1.82, 2.24) is 14.8 Å². The van der Waals surface area contributed by atoms with Crippen molar-refractivity contribution in [2.24, 2.45) is 5.92 Å². The number of carbonyl (C=O) groups excluding carboxylic acids is 1. The van der Waals surface area contributed by atoms with Gasteiger partial charge in [-0.3, -0.25) is 9.69 Å². The highest BCUT2D eigenvalue weighted by molar-refractivity contribution is 5.76. The van der Waals surface area contributed by atoms with Gasteiger partial charge in [-0.05, 0) is 30.9 Å². The van der Waals surface area contributed by atoms with Gasteiger partial charge in [0.1, 0.15) is 5.82 Å². The Bertz CT molecular complexity index is 808. The molecule has 4 rings (SSSR count). The van der Waals surface area contributed by atoms with E-state index in [1.165, 1.54) is 50.9 Å². The number of aromatic nitrogens is 1. The summed E-state index contributed by atoms with van der Waals surface area (Å²) in [4.78, 5) is 21.3. The molecule has 2 heterocycles. The van der Waals surface area contributed by atoms with Gasteiger partial charge in [0.15, 0.2) is 11.7 Å². The maximum absolute atomic E-state index is 13.9. The molecule has 1 saturated carbocycles. The van der Waals surface area contributed by atoms with E-state index in [1.54, 1.807) is 18.2 Å². The van der Waals surface area contributed by atoms with E-state index in [0.717, 1.165) is 32.1 Å². The standard InChI is InChI=1S/C23H30FN3O2/c24-20-9-5-4-8-19(20)21-16-25-22(29-21)10-11-23(28)27-14-12-26(13-15-27)17-18-6-2-1-3-7-18/h4-5,8-9,16,18H,1-3,6-7,10-15,17H2. The summed E-state index contributed by atoms with van der Waals surface area (Å²) in [5.41, 5.74) is 0.395. The molecule has 156 valence electrons. The second kappa shape index (κ2) is 9.53. The minimum absolute atomic E-state index is 0.146. The maximum atomic E-state index is 13.9. The predicted octanol–water partition coefficient (Wildman–Crippen LogP) is 4.14. The van der Waals surface area contributed by atoms with Gasteiger partial charge in [-0.15, -0.1) is 0 Å². The normalized spacial score (nSPS) is 18.9. The first-order valence-electron chi connectivity index (χ1n) is 10.9. The monoisotopic (exact) mass is 399 g/mol. The average Bonchev–Trinajstić information content (AvgIpc) is 3.22. The molecule has 1 amide bonds. The van der Waals surface area contributed by atoms with Crippen molar-refractivity contribution in [2.75, 3.05) is 32.7 Å². The summed E-state index contributed by atoms with van der Waals surface area (Å²) in [7, 11) is 0. The summed E-state index contributed by atoms with van der Waals surface area (Å²) >= 11 is 0. The lowest BCUT2D eigenvalue weighted by Gasteiger charge is -2.37. The Morgan fingerprint density at radius 3 is 2.62 bits per heavy atom. The lowest BCUT2D eigenvalue weighted by Crippen LogP contribution is -2.49. The summed E-state index contributed by atoms with van der Waals surface area (Å²) in [5.74, 6) is 1.54. The zero-order chi connectivity index (χ0) is 20.1. The van der Waals surface area contributed by atoms with E-state index in [-0.39, 0.29) is 11.7 Å². The molecule has 1 aliphatic heterocycles.